The van der Waals surface area contributed by atoms with E-state index in [2.05, 4.69) is 6.07 Å². The summed E-state index contributed by atoms with van der Waals surface area (Å²) in [4.78, 5) is 11.0. The predicted octanol–water partition coefficient (Wildman–Crippen LogP) is 2.88. The lowest BCUT2D eigenvalue weighted by molar-refractivity contribution is -0.145. The van der Waals surface area contributed by atoms with Crippen LogP contribution in [0.15, 0.2) is 18.2 Å². The fourth-order valence-electron chi connectivity index (χ4n) is 2.87. The van der Waals surface area contributed by atoms with Crippen molar-refractivity contribution in [3.05, 3.63) is 34.9 Å². The van der Waals surface area contributed by atoms with Gasteiger partial charge in [0, 0.05) is 0 Å². The number of fused-ring (bicyclic) bond motifs is 1. The van der Waals surface area contributed by atoms with Crippen LogP contribution in [0, 0.1) is 5.92 Å². The largest absolute Gasteiger partial charge is 0.481 e. The van der Waals surface area contributed by atoms with Crippen LogP contribution in [-0.4, -0.2) is 16.2 Å². The molecule has 1 aromatic rings. The smallest absolute Gasteiger partial charge is 0.306 e. The molecule has 0 amide bonds. The van der Waals surface area contributed by atoms with Gasteiger partial charge >= 0.3 is 5.97 Å². The number of aliphatic carboxylic acids is 1. The quantitative estimate of drug-likeness (QED) is 0.877. The molecular formula is C16H22O3. The Morgan fingerprint density at radius 3 is 2.47 bits per heavy atom. The number of benzene rings is 1. The Hall–Kier alpha value is -1.35. The van der Waals surface area contributed by atoms with E-state index in [1.807, 2.05) is 26.0 Å². The first-order valence-electron chi connectivity index (χ1n) is 7.00. The van der Waals surface area contributed by atoms with Gasteiger partial charge in [-0.3, -0.25) is 4.79 Å². The van der Waals surface area contributed by atoms with Gasteiger partial charge in [-0.25, -0.2) is 0 Å². The summed E-state index contributed by atoms with van der Waals surface area (Å²) in [5, 5.41) is 19.8. The van der Waals surface area contributed by atoms with Crippen LogP contribution >= 0.6 is 0 Å². The molecule has 0 aliphatic heterocycles. The summed E-state index contributed by atoms with van der Waals surface area (Å²) < 4.78 is 0. The molecule has 0 bridgehead atoms. The molecule has 1 atom stereocenters. The molecule has 1 aliphatic carbocycles. The minimum absolute atomic E-state index is 0.134. The summed E-state index contributed by atoms with van der Waals surface area (Å²) in [5.74, 6) is -1.10. The summed E-state index contributed by atoms with van der Waals surface area (Å²) >= 11 is 0. The maximum atomic E-state index is 11.0. The number of carbonyl (C=O) groups is 1. The standard InChI is InChI=1S/C16H22O3/c1-11(2)16(19,10-15(17)18)14-8-7-12-5-3-4-6-13(12)9-14/h7-9,11,19H,3-6,10H2,1-2H3,(H,17,18). The van der Waals surface area contributed by atoms with Gasteiger partial charge in [0.05, 0.1) is 6.42 Å². The molecule has 0 fully saturated rings. The van der Waals surface area contributed by atoms with Crippen molar-refractivity contribution in [3.63, 3.8) is 0 Å². The molecule has 1 unspecified atom stereocenters. The van der Waals surface area contributed by atoms with Crippen molar-refractivity contribution in [2.75, 3.05) is 0 Å². The molecule has 3 heteroatoms. The zero-order valence-corrected chi connectivity index (χ0v) is 11.6. The van der Waals surface area contributed by atoms with Crippen molar-refractivity contribution in [3.8, 4) is 0 Å². The molecule has 1 aromatic carbocycles. The number of aliphatic hydroxyl groups is 1. The number of hydrogen-bond acceptors (Lipinski definition) is 2. The highest BCUT2D eigenvalue weighted by molar-refractivity contribution is 5.68. The van der Waals surface area contributed by atoms with Crippen LogP contribution in [0.4, 0.5) is 0 Å². The van der Waals surface area contributed by atoms with Crippen molar-refractivity contribution in [2.45, 2.75) is 51.6 Å². The van der Waals surface area contributed by atoms with Gasteiger partial charge in [0.2, 0.25) is 0 Å². The van der Waals surface area contributed by atoms with E-state index in [0.29, 0.717) is 0 Å². The van der Waals surface area contributed by atoms with Gasteiger partial charge in [0.15, 0.2) is 0 Å². The number of hydrogen-bond donors (Lipinski definition) is 2. The molecule has 2 rings (SSSR count). The van der Waals surface area contributed by atoms with Crippen LogP contribution < -0.4 is 0 Å². The molecule has 2 N–H and O–H groups in total. The zero-order chi connectivity index (χ0) is 14.0. The van der Waals surface area contributed by atoms with E-state index in [-0.39, 0.29) is 12.3 Å². The highest BCUT2D eigenvalue weighted by Crippen LogP contribution is 2.35. The van der Waals surface area contributed by atoms with Gasteiger partial charge in [-0.05, 0) is 48.3 Å². The van der Waals surface area contributed by atoms with E-state index in [9.17, 15) is 9.90 Å². The molecule has 0 saturated heterocycles. The van der Waals surface area contributed by atoms with Crippen LogP contribution in [0.1, 0.15) is 49.8 Å². The number of aryl methyl sites for hydroxylation is 2. The molecule has 1 aliphatic rings. The van der Waals surface area contributed by atoms with Crippen molar-refractivity contribution >= 4 is 5.97 Å². The van der Waals surface area contributed by atoms with E-state index in [1.165, 1.54) is 24.0 Å². The monoisotopic (exact) mass is 262 g/mol. The van der Waals surface area contributed by atoms with Crippen molar-refractivity contribution in [1.29, 1.82) is 0 Å². The third-order valence-corrected chi connectivity index (χ3v) is 4.22. The Morgan fingerprint density at radius 2 is 1.89 bits per heavy atom. The highest BCUT2D eigenvalue weighted by Gasteiger charge is 2.36. The molecule has 0 aromatic heterocycles. The van der Waals surface area contributed by atoms with Crippen molar-refractivity contribution < 1.29 is 15.0 Å². The Labute approximate surface area is 114 Å². The van der Waals surface area contributed by atoms with Gasteiger partial charge in [-0.15, -0.1) is 0 Å². The van der Waals surface area contributed by atoms with Gasteiger partial charge in [-0.2, -0.15) is 0 Å². The molecule has 0 radical (unpaired) electrons. The van der Waals surface area contributed by atoms with Crippen LogP contribution in [0.3, 0.4) is 0 Å². The number of carboxylic acids is 1. The normalized spacial score (nSPS) is 17.9. The Kier molecular flexibility index (Phi) is 3.95. The summed E-state index contributed by atoms with van der Waals surface area (Å²) in [7, 11) is 0. The molecule has 104 valence electrons. The minimum atomic E-state index is -1.28. The third kappa shape index (κ3) is 2.81. The molecule has 0 heterocycles. The zero-order valence-electron chi connectivity index (χ0n) is 11.6. The second-order valence-corrected chi connectivity index (χ2v) is 5.84. The predicted molar refractivity (Wildman–Crippen MR) is 74.1 cm³/mol. The van der Waals surface area contributed by atoms with Crippen LogP contribution in [-0.2, 0) is 23.2 Å². The first-order chi connectivity index (χ1) is 8.93. The third-order valence-electron chi connectivity index (χ3n) is 4.22. The molecule has 3 nitrogen and oxygen atoms in total. The van der Waals surface area contributed by atoms with E-state index < -0.39 is 11.6 Å². The van der Waals surface area contributed by atoms with E-state index in [4.69, 9.17) is 5.11 Å². The maximum absolute atomic E-state index is 11.0. The Balaban J connectivity index is 2.39. The number of rotatable bonds is 4. The van der Waals surface area contributed by atoms with Gasteiger partial charge in [0.1, 0.15) is 5.60 Å². The fraction of sp³-hybridized carbons (Fsp3) is 0.562. The average Bonchev–Trinajstić information content (AvgIpc) is 2.37. The summed E-state index contributed by atoms with van der Waals surface area (Å²) in [6.07, 6.45) is 4.27. The van der Waals surface area contributed by atoms with E-state index >= 15 is 0 Å². The van der Waals surface area contributed by atoms with E-state index in [0.717, 1.165) is 18.4 Å². The highest BCUT2D eigenvalue weighted by atomic mass is 16.4. The average molecular weight is 262 g/mol. The lowest BCUT2D eigenvalue weighted by atomic mass is 9.78. The summed E-state index contributed by atoms with van der Waals surface area (Å²) in [6, 6.07) is 5.96. The van der Waals surface area contributed by atoms with Gasteiger partial charge < -0.3 is 10.2 Å². The molecule has 0 saturated carbocycles. The van der Waals surface area contributed by atoms with Gasteiger partial charge in [0.25, 0.3) is 0 Å². The van der Waals surface area contributed by atoms with Crippen LogP contribution in [0.5, 0.6) is 0 Å². The molecule has 19 heavy (non-hydrogen) atoms. The topological polar surface area (TPSA) is 57.5 Å². The van der Waals surface area contributed by atoms with Crippen molar-refractivity contribution in [1.82, 2.24) is 0 Å². The van der Waals surface area contributed by atoms with Gasteiger partial charge in [-0.1, -0.05) is 32.0 Å². The second-order valence-electron chi connectivity index (χ2n) is 5.84. The lowest BCUT2D eigenvalue weighted by Gasteiger charge is -2.32. The molecule has 0 spiro atoms. The van der Waals surface area contributed by atoms with Crippen LogP contribution in [0.2, 0.25) is 0 Å². The fourth-order valence-corrected chi connectivity index (χ4v) is 2.87. The summed E-state index contributed by atoms with van der Waals surface area (Å²) in [6.45, 7) is 3.73. The minimum Gasteiger partial charge on any atom is -0.481 e. The molecular weight excluding hydrogens is 240 g/mol. The SMILES string of the molecule is CC(C)C(O)(CC(=O)O)c1ccc2c(c1)CCCC2. The van der Waals surface area contributed by atoms with Crippen molar-refractivity contribution in [2.24, 2.45) is 5.92 Å². The Morgan fingerprint density at radius 1 is 1.26 bits per heavy atom. The summed E-state index contributed by atoms with van der Waals surface area (Å²) in [5.41, 5.74) is 2.08. The first kappa shape index (κ1) is 14.1. The Bertz CT molecular complexity index is 479. The second kappa shape index (κ2) is 5.33. The van der Waals surface area contributed by atoms with Crippen LogP contribution in [0.25, 0.3) is 0 Å². The lowest BCUT2D eigenvalue weighted by Crippen LogP contribution is -2.35. The first-order valence-corrected chi connectivity index (χ1v) is 7.00. The van der Waals surface area contributed by atoms with E-state index in [1.54, 1.807) is 0 Å². The maximum Gasteiger partial charge on any atom is 0.306 e. The number of carboxylic acid groups (broad SMARTS) is 1.